The Morgan fingerprint density at radius 3 is 2.53 bits per heavy atom. The van der Waals surface area contributed by atoms with Gasteiger partial charge >= 0.3 is 0 Å². The minimum atomic E-state index is -0.310. The van der Waals surface area contributed by atoms with E-state index in [1.807, 2.05) is 31.2 Å². The van der Waals surface area contributed by atoms with Crippen LogP contribution in [0.4, 0.5) is 4.39 Å². The summed E-state index contributed by atoms with van der Waals surface area (Å²) in [5, 5.41) is 6.55. The molecule has 3 rings (SSSR count). The smallest absolute Gasteiger partial charge is 0.219 e. The Kier molecular flexibility index (Phi) is 7.21. The lowest BCUT2D eigenvalue weighted by Crippen LogP contribution is -2.36. The quantitative estimate of drug-likeness (QED) is 0.453. The molecule has 0 aliphatic rings. The summed E-state index contributed by atoms with van der Waals surface area (Å²) >= 11 is 0. The predicted molar refractivity (Wildman–Crippen MR) is 115 cm³/mol. The highest BCUT2D eigenvalue weighted by atomic mass is 19.1. The molecule has 2 aromatic carbocycles. The average molecular weight is 408 g/mol. The van der Waals surface area contributed by atoms with Crippen molar-refractivity contribution in [3.8, 4) is 17.4 Å². The SMILES string of the molecule is CN=C(NCc1ccnc(Oc2ccc(F)cc2)c1)NCc1ccc(C)cc1OC. The second-order valence-electron chi connectivity index (χ2n) is 6.65. The molecule has 0 aliphatic carbocycles. The molecule has 3 aromatic rings. The summed E-state index contributed by atoms with van der Waals surface area (Å²) in [4.78, 5) is 8.46. The number of rotatable bonds is 7. The van der Waals surface area contributed by atoms with Gasteiger partial charge in [-0.1, -0.05) is 12.1 Å². The predicted octanol–water partition coefficient (Wildman–Crippen LogP) is 4.20. The molecule has 0 spiro atoms. The molecule has 156 valence electrons. The molecule has 0 saturated heterocycles. The van der Waals surface area contributed by atoms with E-state index in [1.54, 1.807) is 32.5 Å². The van der Waals surface area contributed by atoms with Crippen molar-refractivity contribution in [2.45, 2.75) is 20.0 Å². The molecule has 0 amide bonds. The first-order valence-corrected chi connectivity index (χ1v) is 9.54. The van der Waals surface area contributed by atoms with Gasteiger partial charge in [0.25, 0.3) is 0 Å². The van der Waals surface area contributed by atoms with Crippen LogP contribution in [0.25, 0.3) is 0 Å². The van der Waals surface area contributed by atoms with Gasteiger partial charge in [0.2, 0.25) is 5.88 Å². The van der Waals surface area contributed by atoms with Gasteiger partial charge in [0.15, 0.2) is 5.96 Å². The third kappa shape index (κ3) is 5.94. The van der Waals surface area contributed by atoms with Crippen LogP contribution in [-0.2, 0) is 13.1 Å². The van der Waals surface area contributed by atoms with E-state index in [0.29, 0.717) is 30.7 Å². The van der Waals surface area contributed by atoms with Crippen LogP contribution < -0.4 is 20.1 Å². The number of aromatic nitrogens is 1. The van der Waals surface area contributed by atoms with E-state index in [4.69, 9.17) is 9.47 Å². The summed E-state index contributed by atoms with van der Waals surface area (Å²) in [6.45, 7) is 3.15. The van der Waals surface area contributed by atoms with Crippen LogP contribution in [0.3, 0.4) is 0 Å². The van der Waals surface area contributed by atoms with Crippen LogP contribution in [0.1, 0.15) is 16.7 Å². The summed E-state index contributed by atoms with van der Waals surface area (Å²) in [6, 6.07) is 15.6. The average Bonchev–Trinajstić information content (AvgIpc) is 2.76. The van der Waals surface area contributed by atoms with Crippen molar-refractivity contribution in [1.82, 2.24) is 15.6 Å². The maximum absolute atomic E-state index is 13.0. The van der Waals surface area contributed by atoms with Gasteiger partial charge in [0.1, 0.15) is 17.3 Å². The third-order valence-corrected chi connectivity index (χ3v) is 4.41. The third-order valence-electron chi connectivity index (χ3n) is 4.41. The molecule has 0 atom stereocenters. The van der Waals surface area contributed by atoms with Crippen LogP contribution in [-0.4, -0.2) is 25.1 Å². The highest BCUT2D eigenvalue weighted by molar-refractivity contribution is 5.79. The number of hydrogen-bond acceptors (Lipinski definition) is 4. The molecular weight excluding hydrogens is 383 g/mol. The number of ether oxygens (including phenoxy) is 2. The highest BCUT2D eigenvalue weighted by Crippen LogP contribution is 2.21. The molecule has 0 radical (unpaired) electrons. The molecule has 1 heterocycles. The Hall–Kier alpha value is -3.61. The van der Waals surface area contributed by atoms with E-state index in [0.717, 1.165) is 22.4 Å². The molecule has 0 saturated carbocycles. The van der Waals surface area contributed by atoms with Crippen LogP contribution in [0.15, 0.2) is 65.8 Å². The molecule has 0 bridgehead atoms. The minimum Gasteiger partial charge on any atom is -0.496 e. The van der Waals surface area contributed by atoms with Crippen molar-refractivity contribution in [2.75, 3.05) is 14.2 Å². The Morgan fingerprint density at radius 1 is 1.03 bits per heavy atom. The van der Waals surface area contributed by atoms with Crippen LogP contribution >= 0.6 is 0 Å². The Bertz CT molecular complexity index is 1010. The molecule has 1 aromatic heterocycles. The lowest BCUT2D eigenvalue weighted by Gasteiger charge is -2.14. The number of methoxy groups -OCH3 is 1. The fourth-order valence-corrected chi connectivity index (χ4v) is 2.82. The van der Waals surface area contributed by atoms with Crippen molar-refractivity contribution >= 4 is 5.96 Å². The lowest BCUT2D eigenvalue weighted by molar-refractivity contribution is 0.408. The minimum absolute atomic E-state index is 0.310. The summed E-state index contributed by atoms with van der Waals surface area (Å²) in [6.07, 6.45) is 1.67. The first kappa shape index (κ1) is 21.1. The van der Waals surface area contributed by atoms with E-state index in [9.17, 15) is 4.39 Å². The topological polar surface area (TPSA) is 67.8 Å². The number of aryl methyl sites for hydroxylation is 1. The summed E-state index contributed by atoms with van der Waals surface area (Å²) < 4.78 is 24.2. The van der Waals surface area contributed by atoms with Gasteiger partial charge < -0.3 is 20.1 Å². The highest BCUT2D eigenvalue weighted by Gasteiger charge is 2.06. The molecule has 0 fully saturated rings. The largest absolute Gasteiger partial charge is 0.496 e. The molecule has 30 heavy (non-hydrogen) atoms. The van der Waals surface area contributed by atoms with E-state index >= 15 is 0 Å². The van der Waals surface area contributed by atoms with Gasteiger partial charge in [0.05, 0.1) is 7.11 Å². The maximum atomic E-state index is 13.0. The first-order chi connectivity index (χ1) is 14.6. The van der Waals surface area contributed by atoms with Gasteiger partial charge in [-0.25, -0.2) is 9.37 Å². The Balaban J connectivity index is 1.56. The fourth-order valence-electron chi connectivity index (χ4n) is 2.82. The van der Waals surface area contributed by atoms with Crippen molar-refractivity contribution in [1.29, 1.82) is 0 Å². The maximum Gasteiger partial charge on any atom is 0.219 e. The van der Waals surface area contributed by atoms with Crippen molar-refractivity contribution in [2.24, 2.45) is 4.99 Å². The number of aliphatic imine (C=N–C) groups is 1. The zero-order chi connectivity index (χ0) is 21.3. The summed E-state index contributed by atoms with van der Waals surface area (Å²) in [5.74, 6) is 2.16. The van der Waals surface area contributed by atoms with Crippen molar-refractivity contribution in [3.63, 3.8) is 0 Å². The first-order valence-electron chi connectivity index (χ1n) is 9.54. The summed E-state index contributed by atoms with van der Waals surface area (Å²) in [5.41, 5.74) is 3.16. The van der Waals surface area contributed by atoms with Crippen LogP contribution in [0.2, 0.25) is 0 Å². The monoisotopic (exact) mass is 408 g/mol. The van der Waals surface area contributed by atoms with Gasteiger partial charge in [-0.05, 0) is 54.4 Å². The number of pyridine rings is 1. The molecular formula is C23H25FN4O2. The number of nitrogens with zero attached hydrogens (tertiary/aromatic N) is 2. The van der Waals surface area contributed by atoms with Gasteiger partial charge in [0, 0.05) is 38.0 Å². The lowest BCUT2D eigenvalue weighted by atomic mass is 10.1. The van der Waals surface area contributed by atoms with E-state index < -0.39 is 0 Å². The zero-order valence-electron chi connectivity index (χ0n) is 17.3. The molecule has 6 nitrogen and oxygen atoms in total. The van der Waals surface area contributed by atoms with Crippen molar-refractivity contribution < 1.29 is 13.9 Å². The summed E-state index contributed by atoms with van der Waals surface area (Å²) in [7, 11) is 3.39. The molecule has 0 aliphatic heterocycles. The Morgan fingerprint density at radius 2 is 1.80 bits per heavy atom. The Labute approximate surface area is 175 Å². The standard InChI is InChI=1S/C23H25FN4O2/c1-16-4-5-18(21(12-16)29-3)15-28-23(25-2)27-14-17-10-11-26-22(13-17)30-20-8-6-19(24)7-9-20/h4-13H,14-15H2,1-3H3,(H2,25,27,28). The molecule has 0 unspecified atom stereocenters. The van der Waals surface area contributed by atoms with Crippen molar-refractivity contribution in [3.05, 3.63) is 83.3 Å². The molecule has 7 heteroatoms. The van der Waals surface area contributed by atoms with E-state index in [2.05, 4.69) is 26.7 Å². The number of halogens is 1. The second-order valence-corrected chi connectivity index (χ2v) is 6.65. The van der Waals surface area contributed by atoms with E-state index in [-0.39, 0.29) is 5.82 Å². The van der Waals surface area contributed by atoms with E-state index in [1.165, 1.54) is 12.1 Å². The fraction of sp³-hybridized carbons (Fsp3) is 0.217. The normalized spacial score (nSPS) is 11.1. The number of hydrogen-bond donors (Lipinski definition) is 2. The van der Waals surface area contributed by atoms with Crippen LogP contribution in [0, 0.1) is 12.7 Å². The van der Waals surface area contributed by atoms with Gasteiger partial charge in [-0.15, -0.1) is 0 Å². The number of guanidine groups is 1. The zero-order valence-corrected chi connectivity index (χ0v) is 17.3. The van der Waals surface area contributed by atoms with Gasteiger partial charge in [-0.3, -0.25) is 4.99 Å². The number of nitrogens with one attached hydrogen (secondary N) is 2. The second kappa shape index (κ2) is 10.2. The molecule has 2 N–H and O–H groups in total. The van der Waals surface area contributed by atoms with Gasteiger partial charge in [-0.2, -0.15) is 0 Å². The van der Waals surface area contributed by atoms with Crippen LogP contribution in [0.5, 0.6) is 17.4 Å². The number of benzene rings is 2.